The van der Waals surface area contributed by atoms with Crippen molar-refractivity contribution >= 4 is 11.8 Å². The molecule has 1 saturated carbocycles. The highest BCUT2D eigenvalue weighted by molar-refractivity contribution is 5.89. The van der Waals surface area contributed by atoms with Crippen LogP contribution < -0.4 is 10.6 Å². The normalized spacial score (nSPS) is 15.0. The molecule has 1 fully saturated rings. The first kappa shape index (κ1) is 17.4. The molecule has 2 aromatic heterocycles. The zero-order valence-electron chi connectivity index (χ0n) is 15.3. The molecule has 1 atom stereocenters. The number of rotatable bonds is 6. The van der Waals surface area contributed by atoms with Gasteiger partial charge in [-0.15, -0.1) is 0 Å². The Morgan fingerprint density at radius 2 is 1.96 bits per heavy atom. The van der Waals surface area contributed by atoms with Crippen LogP contribution in [0.3, 0.4) is 0 Å². The molecular weight excluding hydrogens is 316 g/mol. The Kier molecular flexibility index (Phi) is 5.01. The predicted molar refractivity (Wildman–Crippen MR) is 96.6 cm³/mol. The fourth-order valence-electron chi connectivity index (χ4n) is 3.04. The molecule has 7 nitrogen and oxygen atoms in total. The van der Waals surface area contributed by atoms with Crippen molar-refractivity contribution in [2.24, 2.45) is 5.92 Å². The van der Waals surface area contributed by atoms with E-state index in [1.165, 1.54) is 12.8 Å². The van der Waals surface area contributed by atoms with E-state index < -0.39 is 0 Å². The van der Waals surface area contributed by atoms with Crippen LogP contribution in [0.1, 0.15) is 48.6 Å². The largest absolute Gasteiger partial charge is 0.337 e. The minimum Gasteiger partial charge on any atom is -0.337 e. The van der Waals surface area contributed by atoms with E-state index in [2.05, 4.69) is 32.6 Å². The van der Waals surface area contributed by atoms with Crippen LogP contribution in [0.15, 0.2) is 12.3 Å². The maximum atomic E-state index is 12.2. The summed E-state index contributed by atoms with van der Waals surface area (Å²) in [6.07, 6.45) is 4.88. The van der Waals surface area contributed by atoms with Crippen LogP contribution in [-0.4, -0.2) is 32.3 Å². The first-order valence-electron chi connectivity index (χ1n) is 8.84. The van der Waals surface area contributed by atoms with Gasteiger partial charge in [0.05, 0.1) is 12.2 Å². The molecule has 0 bridgehead atoms. The van der Waals surface area contributed by atoms with Gasteiger partial charge in [-0.25, -0.2) is 19.4 Å². The second-order valence-electron chi connectivity index (χ2n) is 6.90. The summed E-state index contributed by atoms with van der Waals surface area (Å²) >= 11 is 0. The second-order valence-corrected chi connectivity index (χ2v) is 6.90. The van der Waals surface area contributed by atoms with Crippen molar-refractivity contribution in [2.45, 2.75) is 53.0 Å². The zero-order valence-corrected chi connectivity index (χ0v) is 15.3. The molecule has 1 aliphatic rings. The van der Waals surface area contributed by atoms with E-state index in [4.69, 9.17) is 0 Å². The van der Waals surface area contributed by atoms with Crippen LogP contribution >= 0.6 is 0 Å². The first-order valence-corrected chi connectivity index (χ1v) is 8.84. The predicted octanol–water partition coefficient (Wildman–Crippen LogP) is 2.93. The molecule has 0 spiro atoms. The highest BCUT2D eigenvalue weighted by Gasteiger charge is 2.31. The molecule has 0 saturated heterocycles. The topological polar surface area (TPSA) is 84.7 Å². The molecule has 7 heteroatoms. The summed E-state index contributed by atoms with van der Waals surface area (Å²) in [6, 6.07) is 2.03. The van der Waals surface area contributed by atoms with Gasteiger partial charge in [0, 0.05) is 29.9 Å². The van der Waals surface area contributed by atoms with E-state index in [9.17, 15) is 4.79 Å². The maximum Gasteiger partial charge on any atom is 0.320 e. The van der Waals surface area contributed by atoms with E-state index in [1.54, 1.807) is 6.20 Å². The summed E-state index contributed by atoms with van der Waals surface area (Å²) in [7, 11) is 0. The molecule has 1 aliphatic carbocycles. The average molecular weight is 342 g/mol. The number of hydrogen-bond acceptors (Lipinski definition) is 4. The van der Waals surface area contributed by atoms with Crippen LogP contribution in [-0.2, 0) is 6.42 Å². The molecule has 2 aromatic rings. The monoisotopic (exact) mass is 342 g/mol. The van der Waals surface area contributed by atoms with Gasteiger partial charge in [-0.05, 0) is 52.5 Å². The van der Waals surface area contributed by atoms with E-state index >= 15 is 0 Å². The van der Waals surface area contributed by atoms with Crippen molar-refractivity contribution < 1.29 is 4.79 Å². The van der Waals surface area contributed by atoms with Crippen LogP contribution in [0.25, 0.3) is 0 Å². The number of nitrogens with one attached hydrogen (secondary N) is 2. The minimum atomic E-state index is -0.225. The fraction of sp³-hybridized carbons (Fsp3) is 0.556. The summed E-state index contributed by atoms with van der Waals surface area (Å²) in [5, 5.41) is 10.2. The number of amides is 2. The van der Waals surface area contributed by atoms with Crippen LogP contribution in [0.5, 0.6) is 0 Å². The number of carbonyl (C=O) groups excluding carboxylic acids is 1. The van der Waals surface area contributed by atoms with Gasteiger partial charge >= 0.3 is 6.03 Å². The van der Waals surface area contributed by atoms with E-state index in [0.29, 0.717) is 24.9 Å². The van der Waals surface area contributed by atoms with Gasteiger partial charge < -0.3 is 5.32 Å². The quantitative estimate of drug-likeness (QED) is 0.845. The number of urea groups is 1. The molecule has 0 unspecified atom stereocenters. The summed E-state index contributed by atoms with van der Waals surface area (Å²) in [5.74, 6) is 2.20. The van der Waals surface area contributed by atoms with Gasteiger partial charge in [-0.1, -0.05) is 0 Å². The zero-order chi connectivity index (χ0) is 18.0. The fourth-order valence-corrected chi connectivity index (χ4v) is 3.04. The van der Waals surface area contributed by atoms with Crippen LogP contribution in [0.4, 0.5) is 10.6 Å². The summed E-state index contributed by atoms with van der Waals surface area (Å²) < 4.78 is 1.93. The van der Waals surface area contributed by atoms with Crippen molar-refractivity contribution in [3.63, 3.8) is 0 Å². The molecule has 2 amide bonds. The Labute approximate surface area is 148 Å². The van der Waals surface area contributed by atoms with Crippen molar-refractivity contribution in [2.75, 3.05) is 11.9 Å². The van der Waals surface area contributed by atoms with E-state index in [1.807, 2.05) is 31.5 Å². The lowest BCUT2D eigenvalue weighted by molar-refractivity contribution is 0.252. The van der Waals surface area contributed by atoms with Crippen molar-refractivity contribution in [3.8, 4) is 0 Å². The number of aromatic nitrogens is 4. The third-order valence-electron chi connectivity index (χ3n) is 4.56. The molecule has 0 aliphatic heterocycles. The summed E-state index contributed by atoms with van der Waals surface area (Å²) in [5.41, 5.74) is 2.86. The van der Waals surface area contributed by atoms with Gasteiger partial charge in [-0.3, -0.25) is 5.32 Å². The van der Waals surface area contributed by atoms with E-state index in [-0.39, 0.29) is 6.03 Å². The first-order chi connectivity index (χ1) is 11.9. The maximum absolute atomic E-state index is 12.2. The molecule has 0 aromatic carbocycles. The van der Waals surface area contributed by atoms with Crippen molar-refractivity contribution in [1.29, 1.82) is 0 Å². The number of nitrogens with zero attached hydrogens (tertiary/aromatic N) is 4. The summed E-state index contributed by atoms with van der Waals surface area (Å²) in [4.78, 5) is 21.0. The molecule has 2 heterocycles. The second kappa shape index (κ2) is 7.21. The highest BCUT2D eigenvalue weighted by atomic mass is 16.2. The SMILES string of the molecule is Cc1cc(C)nc(CCNC(=O)Nc2c(C)cnn2[C@@H](C)C2CC2)n1. The smallest absolute Gasteiger partial charge is 0.320 e. The number of anilines is 1. The van der Waals surface area contributed by atoms with Crippen LogP contribution in [0, 0.1) is 26.7 Å². The lowest BCUT2D eigenvalue weighted by Crippen LogP contribution is -2.32. The Morgan fingerprint density at radius 3 is 2.60 bits per heavy atom. The average Bonchev–Trinajstić information content (AvgIpc) is 3.32. The van der Waals surface area contributed by atoms with Gasteiger partial charge in [0.2, 0.25) is 0 Å². The molecule has 25 heavy (non-hydrogen) atoms. The Balaban J connectivity index is 1.55. The lowest BCUT2D eigenvalue weighted by atomic mass is 10.2. The standard InChI is InChI=1S/C18H26N6O/c1-11-10-20-24(14(4)15-5-6-15)17(11)23-18(25)19-8-7-16-21-12(2)9-13(3)22-16/h9-10,14-15H,5-8H2,1-4H3,(H2,19,23,25)/t14-/m0/s1. The number of hydrogen-bond donors (Lipinski definition) is 2. The van der Waals surface area contributed by atoms with Gasteiger partial charge in [0.1, 0.15) is 11.6 Å². The lowest BCUT2D eigenvalue weighted by Gasteiger charge is -2.16. The van der Waals surface area contributed by atoms with Gasteiger partial charge in [-0.2, -0.15) is 5.10 Å². The Morgan fingerprint density at radius 1 is 1.28 bits per heavy atom. The molecule has 2 N–H and O–H groups in total. The van der Waals surface area contributed by atoms with Gasteiger partial charge in [0.25, 0.3) is 0 Å². The summed E-state index contributed by atoms with van der Waals surface area (Å²) in [6.45, 7) is 8.50. The molecule has 0 radical (unpaired) electrons. The number of aryl methyl sites for hydroxylation is 3. The van der Waals surface area contributed by atoms with Crippen molar-refractivity contribution in [1.82, 2.24) is 25.1 Å². The van der Waals surface area contributed by atoms with Gasteiger partial charge in [0.15, 0.2) is 0 Å². The number of carbonyl (C=O) groups is 1. The van der Waals surface area contributed by atoms with Crippen LogP contribution in [0.2, 0.25) is 0 Å². The Bertz CT molecular complexity index is 745. The molecular formula is C18H26N6O. The molecule has 134 valence electrons. The van der Waals surface area contributed by atoms with Crippen molar-refractivity contribution in [3.05, 3.63) is 35.0 Å². The third kappa shape index (κ3) is 4.35. The molecule has 3 rings (SSSR count). The minimum absolute atomic E-state index is 0.225. The Hall–Kier alpha value is -2.44. The third-order valence-corrected chi connectivity index (χ3v) is 4.56. The highest BCUT2D eigenvalue weighted by Crippen LogP contribution is 2.40. The van der Waals surface area contributed by atoms with E-state index in [0.717, 1.165) is 28.6 Å².